The van der Waals surface area contributed by atoms with Crippen molar-refractivity contribution in [3.63, 3.8) is 0 Å². The first kappa shape index (κ1) is 17.3. The molecule has 0 amide bonds. The smallest absolute Gasteiger partial charge is 0.309 e. The molecule has 6 unspecified atom stereocenters. The fourth-order valence-corrected chi connectivity index (χ4v) is 7.25. The predicted octanol–water partition coefficient (Wildman–Crippen LogP) is 5.76. The van der Waals surface area contributed by atoms with Crippen LogP contribution in [-0.2, 0) is 4.79 Å². The first-order chi connectivity index (χ1) is 10.6. The number of carbonyl (C=O) groups is 1. The van der Waals surface area contributed by atoms with Crippen molar-refractivity contribution in [2.24, 2.45) is 39.9 Å². The van der Waals surface area contributed by atoms with Crippen LogP contribution < -0.4 is 0 Å². The second-order valence-electron chi connectivity index (χ2n) is 10.2. The van der Waals surface area contributed by atoms with Crippen LogP contribution in [0.25, 0.3) is 0 Å². The van der Waals surface area contributed by atoms with E-state index in [0.29, 0.717) is 11.3 Å². The van der Waals surface area contributed by atoms with Gasteiger partial charge in [-0.3, -0.25) is 4.79 Å². The number of fused-ring (bicyclic) bond motifs is 3. The van der Waals surface area contributed by atoms with Gasteiger partial charge in [0, 0.05) is 0 Å². The molecule has 3 aliphatic carbocycles. The van der Waals surface area contributed by atoms with Gasteiger partial charge in [0.2, 0.25) is 0 Å². The summed E-state index contributed by atoms with van der Waals surface area (Å²) < 4.78 is 0. The summed E-state index contributed by atoms with van der Waals surface area (Å²) in [6.45, 7) is 11.8. The van der Waals surface area contributed by atoms with Crippen LogP contribution in [0.3, 0.4) is 0 Å². The Balaban J connectivity index is 1.93. The number of aliphatic carboxylic acids is 1. The van der Waals surface area contributed by atoms with Crippen molar-refractivity contribution in [2.45, 2.75) is 86.0 Å². The largest absolute Gasteiger partial charge is 0.481 e. The molecule has 0 radical (unpaired) electrons. The monoisotopic (exact) mass is 320 g/mol. The lowest BCUT2D eigenvalue weighted by Crippen LogP contribution is -2.58. The fourth-order valence-electron chi connectivity index (χ4n) is 7.25. The lowest BCUT2D eigenvalue weighted by Gasteiger charge is -2.64. The van der Waals surface area contributed by atoms with Gasteiger partial charge < -0.3 is 5.11 Å². The zero-order chi connectivity index (χ0) is 17.0. The summed E-state index contributed by atoms with van der Waals surface area (Å²) in [6.07, 6.45) is 9.61. The Morgan fingerprint density at radius 1 is 1.00 bits per heavy atom. The molecule has 0 aromatic heterocycles. The van der Waals surface area contributed by atoms with Crippen LogP contribution in [-0.4, -0.2) is 11.1 Å². The van der Waals surface area contributed by atoms with Crippen molar-refractivity contribution in [1.82, 2.24) is 0 Å². The van der Waals surface area contributed by atoms with Gasteiger partial charge in [-0.1, -0.05) is 34.1 Å². The minimum Gasteiger partial charge on any atom is -0.481 e. The number of carboxylic acid groups (broad SMARTS) is 1. The Morgan fingerprint density at radius 3 is 2.30 bits per heavy atom. The van der Waals surface area contributed by atoms with Gasteiger partial charge in [0.15, 0.2) is 0 Å². The highest BCUT2D eigenvalue weighted by atomic mass is 16.4. The quantitative estimate of drug-likeness (QED) is 0.702. The number of carboxylic acids is 1. The third-order valence-electron chi connectivity index (χ3n) is 8.60. The Labute approximate surface area is 142 Å². The molecule has 6 atom stereocenters. The third kappa shape index (κ3) is 2.46. The van der Waals surface area contributed by atoms with Gasteiger partial charge >= 0.3 is 5.97 Å². The van der Waals surface area contributed by atoms with E-state index in [4.69, 9.17) is 0 Å². The zero-order valence-corrected chi connectivity index (χ0v) is 15.8. The molecule has 0 aromatic carbocycles. The summed E-state index contributed by atoms with van der Waals surface area (Å²) in [5, 5.41) is 9.93. The third-order valence-corrected chi connectivity index (χ3v) is 8.60. The maximum absolute atomic E-state index is 12.1. The van der Waals surface area contributed by atoms with E-state index in [-0.39, 0.29) is 5.41 Å². The lowest BCUT2D eigenvalue weighted by atomic mass is 9.40. The normalized spacial score (nSPS) is 50.3. The first-order valence-corrected chi connectivity index (χ1v) is 9.87. The van der Waals surface area contributed by atoms with Crippen molar-refractivity contribution >= 4 is 5.97 Å². The molecular formula is C21H36O2. The molecule has 3 rings (SSSR count). The Kier molecular flexibility index (Phi) is 4.13. The molecule has 3 fully saturated rings. The van der Waals surface area contributed by atoms with Crippen molar-refractivity contribution < 1.29 is 9.90 Å². The second-order valence-corrected chi connectivity index (χ2v) is 10.2. The highest BCUT2D eigenvalue weighted by molar-refractivity contribution is 5.75. The summed E-state index contributed by atoms with van der Waals surface area (Å²) in [4.78, 5) is 12.1. The summed E-state index contributed by atoms with van der Waals surface area (Å²) in [5.74, 6) is 2.20. The molecule has 23 heavy (non-hydrogen) atoms. The molecule has 132 valence electrons. The molecule has 2 heteroatoms. The topological polar surface area (TPSA) is 37.3 Å². The van der Waals surface area contributed by atoms with Crippen molar-refractivity contribution in [2.75, 3.05) is 0 Å². The lowest BCUT2D eigenvalue weighted by molar-refractivity contribution is -0.184. The molecule has 0 saturated heterocycles. The van der Waals surface area contributed by atoms with Gasteiger partial charge in [-0.2, -0.15) is 0 Å². The van der Waals surface area contributed by atoms with Crippen LogP contribution in [0.5, 0.6) is 0 Å². The summed E-state index contributed by atoms with van der Waals surface area (Å²) in [5.41, 5.74) is 0.179. The molecule has 0 spiro atoms. The van der Waals surface area contributed by atoms with Gasteiger partial charge in [0.25, 0.3) is 0 Å². The number of hydrogen-bond acceptors (Lipinski definition) is 1. The zero-order valence-electron chi connectivity index (χ0n) is 15.8. The molecule has 3 saturated carbocycles. The van der Waals surface area contributed by atoms with E-state index in [1.165, 1.54) is 32.1 Å². The molecule has 0 aliphatic heterocycles. The maximum atomic E-state index is 12.1. The van der Waals surface area contributed by atoms with E-state index in [1.807, 2.05) is 6.92 Å². The van der Waals surface area contributed by atoms with E-state index in [9.17, 15) is 9.90 Å². The summed E-state index contributed by atoms with van der Waals surface area (Å²) in [6, 6.07) is 0. The van der Waals surface area contributed by atoms with Gasteiger partial charge in [-0.05, 0) is 86.4 Å². The van der Waals surface area contributed by atoms with E-state index >= 15 is 0 Å². The van der Waals surface area contributed by atoms with E-state index < -0.39 is 11.4 Å². The van der Waals surface area contributed by atoms with Crippen molar-refractivity contribution in [3.05, 3.63) is 0 Å². The standard InChI is InChI=1S/C21H36O2/c1-14(2)15-7-8-16-19(3,13-15)12-9-17-20(16,4)10-6-11-21(17,5)18(22)23/h14-17H,6-13H2,1-5H3,(H,22,23). The van der Waals surface area contributed by atoms with Crippen LogP contribution in [0.1, 0.15) is 86.0 Å². The average molecular weight is 321 g/mol. The Hall–Kier alpha value is -0.530. The Morgan fingerprint density at radius 2 is 1.70 bits per heavy atom. The Bertz CT molecular complexity index is 484. The molecule has 0 aromatic rings. The highest BCUT2D eigenvalue weighted by Gasteiger charge is 2.62. The van der Waals surface area contributed by atoms with Gasteiger partial charge in [0.1, 0.15) is 0 Å². The molecule has 0 bridgehead atoms. The molecule has 0 heterocycles. The summed E-state index contributed by atoms with van der Waals surface area (Å²) in [7, 11) is 0. The summed E-state index contributed by atoms with van der Waals surface area (Å²) >= 11 is 0. The predicted molar refractivity (Wildman–Crippen MR) is 94.2 cm³/mol. The minimum atomic E-state index is -0.548. The SMILES string of the molecule is CC(C)C1CCC2C(C)(CCC3C(C)(C(=O)O)CCCC23C)C1. The van der Waals surface area contributed by atoms with E-state index in [2.05, 4.69) is 27.7 Å². The average Bonchev–Trinajstić information content (AvgIpc) is 2.45. The van der Waals surface area contributed by atoms with Crippen LogP contribution in [0.15, 0.2) is 0 Å². The van der Waals surface area contributed by atoms with Crippen LogP contribution in [0.4, 0.5) is 0 Å². The van der Waals surface area contributed by atoms with Gasteiger partial charge in [-0.15, -0.1) is 0 Å². The van der Waals surface area contributed by atoms with Crippen LogP contribution >= 0.6 is 0 Å². The number of rotatable bonds is 2. The van der Waals surface area contributed by atoms with Gasteiger partial charge in [-0.25, -0.2) is 0 Å². The van der Waals surface area contributed by atoms with Crippen LogP contribution in [0.2, 0.25) is 0 Å². The van der Waals surface area contributed by atoms with Crippen molar-refractivity contribution in [1.29, 1.82) is 0 Å². The molecular weight excluding hydrogens is 284 g/mol. The molecule has 2 nitrogen and oxygen atoms in total. The fraction of sp³-hybridized carbons (Fsp3) is 0.952. The number of hydrogen-bond donors (Lipinski definition) is 1. The molecule has 3 aliphatic rings. The van der Waals surface area contributed by atoms with Crippen LogP contribution in [0, 0.1) is 39.9 Å². The highest BCUT2D eigenvalue weighted by Crippen LogP contribution is 2.68. The van der Waals surface area contributed by atoms with E-state index in [0.717, 1.165) is 37.0 Å². The van der Waals surface area contributed by atoms with Gasteiger partial charge in [0.05, 0.1) is 5.41 Å². The van der Waals surface area contributed by atoms with E-state index in [1.54, 1.807) is 0 Å². The second kappa shape index (κ2) is 5.49. The maximum Gasteiger partial charge on any atom is 0.309 e. The minimum absolute atomic E-state index is 0.236. The molecule has 1 N–H and O–H groups in total. The first-order valence-electron chi connectivity index (χ1n) is 9.87. The van der Waals surface area contributed by atoms with Crippen molar-refractivity contribution in [3.8, 4) is 0 Å².